The number of hydrogen-bond donors (Lipinski definition) is 2. The van der Waals surface area contributed by atoms with Gasteiger partial charge in [-0.25, -0.2) is 4.79 Å². The Bertz CT molecular complexity index is 236. The molecule has 6 heteroatoms. The van der Waals surface area contributed by atoms with E-state index in [4.69, 9.17) is 5.11 Å². The van der Waals surface area contributed by atoms with Crippen LogP contribution in [0.5, 0.6) is 0 Å². The number of aliphatic carboxylic acids is 1. The number of carbonyl (C=O) groups excluding carboxylic acids is 1. The lowest BCUT2D eigenvalue weighted by Crippen LogP contribution is -2.43. The lowest BCUT2D eigenvalue weighted by molar-refractivity contribution is -0.141. The quantitative estimate of drug-likeness (QED) is 0.662. The largest absolute Gasteiger partial charge is 0.481 e. The number of nitrogens with zero attached hydrogens (tertiary/aromatic N) is 1. The molecule has 0 aliphatic heterocycles. The second-order valence-corrected chi connectivity index (χ2v) is 4.49. The molecule has 0 fully saturated rings. The fourth-order valence-electron chi connectivity index (χ4n) is 1.14. The van der Waals surface area contributed by atoms with Gasteiger partial charge in [-0.3, -0.25) is 4.79 Å². The fraction of sp³-hybridized carbons (Fsp3) is 0.800. The Labute approximate surface area is 101 Å². The number of carboxylic acids is 1. The minimum atomic E-state index is -0.879. The Hall–Kier alpha value is -0.910. The van der Waals surface area contributed by atoms with Crippen LogP contribution in [0.2, 0.25) is 0 Å². The number of nitrogens with one attached hydrogen (secondary N) is 1. The second kappa shape index (κ2) is 8.27. The number of rotatable bonds is 7. The maximum absolute atomic E-state index is 11.6. The van der Waals surface area contributed by atoms with Gasteiger partial charge in [0, 0.05) is 25.4 Å². The van der Waals surface area contributed by atoms with Gasteiger partial charge in [0.2, 0.25) is 0 Å². The molecule has 0 aliphatic rings. The van der Waals surface area contributed by atoms with Gasteiger partial charge in [-0.2, -0.15) is 11.8 Å². The Morgan fingerprint density at radius 1 is 1.50 bits per heavy atom. The van der Waals surface area contributed by atoms with E-state index in [0.29, 0.717) is 13.1 Å². The van der Waals surface area contributed by atoms with Gasteiger partial charge < -0.3 is 15.3 Å². The normalized spacial score (nSPS) is 11.9. The van der Waals surface area contributed by atoms with Crippen LogP contribution in [0.1, 0.15) is 13.8 Å². The van der Waals surface area contributed by atoms with E-state index < -0.39 is 11.9 Å². The fourth-order valence-corrected chi connectivity index (χ4v) is 1.44. The summed E-state index contributed by atoms with van der Waals surface area (Å²) < 4.78 is 0. The van der Waals surface area contributed by atoms with E-state index in [1.165, 1.54) is 4.90 Å². The highest BCUT2D eigenvalue weighted by Crippen LogP contribution is 2.00. The number of carboxylic acid groups (broad SMARTS) is 1. The molecule has 0 saturated carbocycles. The average Bonchev–Trinajstić information content (AvgIpc) is 2.25. The molecule has 0 aromatic rings. The van der Waals surface area contributed by atoms with E-state index in [-0.39, 0.29) is 12.6 Å². The monoisotopic (exact) mass is 248 g/mol. The molecule has 0 rings (SSSR count). The number of carbonyl (C=O) groups is 2. The van der Waals surface area contributed by atoms with Gasteiger partial charge in [-0.1, -0.05) is 6.92 Å². The maximum Gasteiger partial charge on any atom is 0.317 e. The van der Waals surface area contributed by atoms with Crippen molar-refractivity contribution in [1.29, 1.82) is 0 Å². The molecule has 1 atom stereocenters. The molecule has 16 heavy (non-hydrogen) atoms. The third kappa shape index (κ3) is 5.85. The van der Waals surface area contributed by atoms with Gasteiger partial charge >= 0.3 is 12.0 Å². The molecule has 0 aliphatic carbocycles. The highest BCUT2D eigenvalue weighted by Gasteiger charge is 2.18. The third-order valence-corrected chi connectivity index (χ3v) is 2.78. The highest BCUT2D eigenvalue weighted by molar-refractivity contribution is 7.98. The summed E-state index contributed by atoms with van der Waals surface area (Å²) in [5.74, 6) is -0.556. The van der Waals surface area contributed by atoms with Crippen molar-refractivity contribution < 1.29 is 14.7 Å². The van der Waals surface area contributed by atoms with Crippen LogP contribution in [0, 0.1) is 5.92 Å². The molecule has 0 saturated heterocycles. The molecule has 94 valence electrons. The van der Waals surface area contributed by atoms with Crippen LogP contribution in [-0.2, 0) is 4.79 Å². The van der Waals surface area contributed by atoms with Crippen LogP contribution in [0.4, 0.5) is 4.79 Å². The van der Waals surface area contributed by atoms with Crippen molar-refractivity contribution in [2.75, 3.05) is 31.6 Å². The van der Waals surface area contributed by atoms with Gasteiger partial charge in [0.15, 0.2) is 0 Å². The number of urea groups is 1. The zero-order valence-corrected chi connectivity index (χ0v) is 10.8. The lowest BCUT2D eigenvalue weighted by Gasteiger charge is -2.23. The van der Waals surface area contributed by atoms with Crippen LogP contribution < -0.4 is 5.32 Å². The molecule has 1 unspecified atom stereocenters. The Morgan fingerprint density at radius 3 is 2.56 bits per heavy atom. The van der Waals surface area contributed by atoms with Gasteiger partial charge in [0.1, 0.15) is 0 Å². The van der Waals surface area contributed by atoms with Crippen molar-refractivity contribution >= 4 is 23.8 Å². The molecule has 0 bridgehead atoms. The molecule has 5 nitrogen and oxygen atoms in total. The first kappa shape index (κ1) is 15.1. The van der Waals surface area contributed by atoms with Crippen molar-refractivity contribution in [3.05, 3.63) is 0 Å². The van der Waals surface area contributed by atoms with E-state index >= 15 is 0 Å². The van der Waals surface area contributed by atoms with E-state index in [1.807, 2.05) is 13.2 Å². The van der Waals surface area contributed by atoms with Crippen molar-refractivity contribution in [2.24, 2.45) is 5.92 Å². The highest BCUT2D eigenvalue weighted by atomic mass is 32.2. The summed E-state index contributed by atoms with van der Waals surface area (Å²) in [6.07, 6.45) is 1.97. The summed E-state index contributed by atoms with van der Waals surface area (Å²) in [7, 11) is 0. The first-order valence-corrected chi connectivity index (χ1v) is 6.66. The van der Waals surface area contributed by atoms with Gasteiger partial charge in [-0.05, 0) is 13.2 Å². The van der Waals surface area contributed by atoms with Crippen molar-refractivity contribution in [2.45, 2.75) is 13.8 Å². The predicted molar refractivity (Wildman–Crippen MR) is 65.8 cm³/mol. The van der Waals surface area contributed by atoms with Crippen LogP contribution in [0.25, 0.3) is 0 Å². The maximum atomic E-state index is 11.6. The summed E-state index contributed by atoms with van der Waals surface area (Å²) in [4.78, 5) is 23.8. The predicted octanol–water partition coefficient (Wildman–Crippen LogP) is 1.10. The minimum absolute atomic E-state index is 0.190. The smallest absolute Gasteiger partial charge is 0.317 e. The number of hydrogen-bond acceptors (Lipinski definition) is 3. The van der Waals surface area contributed by atoms with E-state index in [1.54, 1.807) is 18.7 Å². The van der Waals surface area contributed by atoms with Gasteiger partial charge in [0.05, 0.1) is 5.92 Å². The van der Waals surface area contributed by atoms with Gasteiger partial charge in [-0.15, -0.1) is 0 Å². The second-order valence-electron chi connectivity index (χ2n) is 3.50. The zero-order chi connectivity index (χ0) is 12.6. The van der Waals surface area contributed by atoms with E-state index in [2.05, 4.69) is 5.32 Å². The summed E-state index contributed by atoms with van der Waals surface area (Å²) in [6.45, 7) is 4.81. The van der Waals surface area contributed by atoms with Crippen LogP contribution in [0.15, 0.2) is 0 Å². The van der Waals surface area contributed by atoms with Crippen molar-refractivity contribution in [3.8, 4) is 0 Å². The Balaban J connectivity index is 4.06. The summed E-state index contributed by atoms with van der Waals surface area (Å²) >= 11 is 1.65. The first-order chi connectivity index (χ1) is 7.52. The van der Waals surface area contributed by atoms with Crippen LogP contribution in [-0.4, -0.2) is 53.6 Å². The van der Waals surface area contributed by atoms with Crippen molar-refractivity contribution in [1.82, 2.24) is 10.2 Å². The molecule has 0 spiro atoms. The molecular weight excluding hydrogens is 228 g/mol. The van der Waals surface area contributed by atoms with Crippen LogP contribution in [0.3, 0.4) is 0 Å². The Morgan fingerprint density at radius 2 is 2.12 bits per heavy atom. The summed E-state index contributed by atoms with van der Waals surface area (Å²) in [5.41, 5.74) is 0. The molecular formula is C10H20N2O3S. The standard InChI is InChI=1S/C10H20N2O3S/c1-4-12(7-8(2)9(13)14)10(15)11-5-6-16-3/h8H,4-7H2,1-3H3,(H,11,15)(H,13,14). The van der Waals surface area contributed by atoms with Gasteiger partial charge in [0.25, 0.3) is 0 Å². The first-order valence-electron chi connectivity index (χ1n) is 5.27. The zero-order valence-electron chi connectivity index (χ0n) is 10.0. The van der Waals surface area contributed by atoms with E-state index in [9.17, 15) is 9.59 Å². The summed E-state index contributed by atoms with van der Waals surface area (Å²) in [5, 5.41) is 11.5. The van der Waals surface area contributed by atoms with Crippen LogP contribution >= 0.6 is 11.8 Å². The molecule has 0 heterocycles. The molecule has 2 N–H and O–H groups in total. The molecule has 0 radical (unpaired) electrons. The molecule has 0 aromatic heterocycles. The SMILES string of the molecule is CCN(CC(C)C(=O)O)C(=O)NCCSC. The van der Waals surface area contributed by atoms with Crippen molar-refractivity contribution in [3.63, 3.8) is 0 Å². The number of thioether (sulfide) groups is 1. The minimum Gasteiger partial charge on any atom is -0.481 e. The topological polar surface area (TPSA) is 69.6 Å². The third-order valence-electron chi connectivity index (χ3n) is 2.17. The average molecular weight is 248 g/mol. The molecule has 2 amide bonds. The molecule has 0 aromatic carbocycles. The van der Waals surface area contributed by atoms with E-state index in [0.717, 1.165) is 5.75 Å². The lowest BCUT2D eigenvalue weighted by atomic mass is 10.2. The Kier molecular flexibility index (Phi) is 7.80. The summed E-state index contributed by atoms with van der Waals surface area (Å²) in [6, 6.07) is -0.190. The number of amides is 2.